The summed E-state index contributed by atoms with van der Waals surface area (Å²) in [6.45, 7) is 1.85. The number of nitro benzene ring substituents is 1. The van der Waals surface area contributed by atoms with Gasteiger partial charge in [0.2, 0.25) is 5.91 Å². The smallest absolute Gasteiger partial charge is 0.271 e. The first kappa shape index (κ1) is 23.9. The highest BCUT2D eigenvalue weighted by atomic mass is 32.2. The molecule has 0 radical (unpaired) electrons. The molecule has 0 saturated carbocycles. The Morgan fingerprint density at radius 2 is 1.97 bits per heavy atom. The Labute approximate surface area is 192 Å². The van der Waals surface area contributed by atoms with E-state index < -0.39 is 21.9 Å². The number of non-ortho nitro benzene ring substituents is 1. The third-order valence-corrected chi connectivity index (χ3v) is 6.08. The molecule has 0 unspecified atom stereocenters. The summed E-state index contributed by atoms with van der Waals surface area (Å²) in [5.74, 6) is -1.10. The average Bonchev–Trinajstić information content (AvgIpc) is 3.15. The molecular weight excluding hydrogens is 451 g/mol. The van der Waals surface area contributed by atoms with E-state index in [-0.39, 0.29) is 23.7 Å². The number of hydrogen-bond donors (Lipinski definition) is 2. The van der Waals surface area contributed by atoms with Crippen LogP contribution in [0.5, 0.6) is 0 Å². The van der Waals surface area contributed by atoms with Crippen LogP contribution in [-0.4, -0.2) is 36.8 Å². The van der Waals surface area contributed by atoms with Crippen LogP contribution in [0.1, 0.15) is 29.5 Å². The summed E-state index contributed by atoms with van der Waals surface area (Å²) in [5, 5.41) is 24.3. The number of amides is 2. The fraction of sp³-hybridized carbons (Fsp3) is 0.238. The summed E-state index contributed by atoms with van der Waals surface area (Å²) in [4.78, 5) is 35.3. The lowest BCUT2D eigenvalue weighted by molar-refractivity contribution is -0.384. The second-order valence-corrected chi connectivity index (χ2v) is 8.10. The van der Waals surface area contributed by atoms with Gasteiger partial charge in [0.1, 0.15) is 5.82 Å². The van der Waals surface area contributed by atoms with Gasteiger partial charge in [-0.3, -0.25) is 19.7 Å². The van der Waals surface area contributed by atoms with E-state index in [9.17, 15) is 24.1 Å². The van der Waals surface area contributed by atoms with E-state index in [1.54, 1.807) is 23.7 Å². The van der Waals surface area contributed by atoms with Gasteiger partial charge in [-0.15, -0.1) is 10.2 Å². The first-order valence-electron chi connectivity index (χ1n) is 9.93. The van der Waals surface area contributed by atoms with Crippen LogP contribution in [0.4, 0.5) is 15.8 Å². The number of aromatic nitrogens is 3. The number of carbonyl (C=O) groups is 2. The molecule has 0 aliphatic carbocycles. The van der Waals surface area contributed by atoms with Gasteiger partial charge in [-0.1, -0.05) is 36.9 Å². The molecule has 2 N–H and O–H groups in total. The molecule has 172 valence electrons. The van der Waals surface area contributed by atoms with Crippen molar-refractivity contribution in [2.75, 3.05) is 5.32 Å². The van der Waals surface area contributed by atoms with E-state index in [2.05, 4.69) is 20.8 Å². The van der Waals surface area contributed by atoms with Gasteiger partial charge in [-0.05, 0) is 24.6 Å². The normalized spacial score (nSPS) is 11.6. The van der Waals surface area contributed by atoms with E-state index in [4.69, 9.17) is 0 Å². The molecule has 0 aliphatic rings. The fourth-order valence-electron chi connectivity index (χ4n) is 2.87. The maximum Gasteiger partial charge on any atom is 0.271 e. The third-order valence-electron chi connectivity index (χ3n) is 4.69. The number of halogens is 1. The van der Waals surface area contributed by atoms with Gasteiger partial charge in [-0.25, -0.2) is 4.39 Å². The predicted octanol–water partition coefficient (Wildman–Crippen LogP) is 3.30. The number of carbonyl (C=O) groups excluding carboxylic acids is 2. The van der Waals surface area contributed by atoms with Crippen LogP contribution in [0.2, 0.25) is 0 Å². The highest BCUT2D eigenvalue weighted by Gasteiger charge is 2.22. The fourth-order valence-corrected chi connectivity index (χ4v) is 3.81. The van der Waals surface area contributed by atoms with Crippen LogP contribution >= 0.6 is 11.8 Å². The molecule has 2 amide bonds. The van der Waals surface area contributed by atoms with Gasteiger partial charge in [0.25, 0.3) is 11.6 Å². The van der Waals surface area contributed by atoms with E-state index in [1.807, 2.05) is 6.92 Å². The summed E-state index contributed by atoms with van der Waals surface area (Å²) >= 11 is 1.18. The van der Waals surface area contributed by atoms with Crippen LogP contribution in [-0.2, 0) is 18.4 Å². The highest BCUT2D eigenvalue weighted by Crippen LogP contribution is 2.26. The number of benzene rings is 2. The maximum atomic E-state index is 13.8. The minimum atomic E-state index is -0.621. The monoisotopic (exact) mass is 472 g/mol. The largest absolute Gasteiger partial charge is 0.345 e. The van der Waals surface area contributed by atoms with Gasteiger partial charge < -0.3 is 15.2 Å². The van der Waals surface area contributed by atoms with Gasteiger partial charge >= 0.3 is 0 Å². The summed E-state index contributed by atoms with van der Waals surface area (Å²) in [6.07, 6.45) is 0.470. The first-order valence-corrected chi connectivity index (χ1v) is 10.8. The Hall–Kier alpha value is -3.80. The van der Waals surface area contributed by atoms with Crippen molar-refractivity contribution >= 4 is 35.0 Å². The van der Waals surface area contributed by atoms with E-state index >= 15 is 0 Å². The van der Waals surface area contributed by atoms with Crippen LogP contribution < -0.4 is 10.6 Å². The lowest BCUT2D eigenvalue weighted by Gasteiger charge is -2.14. The van der Waals surface area contributed by atoms with Crippen molar-refractivity contribution in [1.82, 2.24) is 20.1 Å². The molecule has 1 aromatic heterocycles. The number of anilines is 1. The number of nitrogens with one attached hydrogen (secondary N) is 2. The minimum absolute atomic E-state index is 0.0217. The van der Waals surface area contributed by atoms with Crippen molar-refractivity contribution < 1.29 is 18.9 Å². The molecule has 2 aromatic carbocycles. The van der Waals surface area contributed by atoms with E-state index in [0.717, 1.165) is 0 Å². The van der Waals surface area contributed by atoms with Crippen LogP contribution in [0, 0.1) is 15.9 Å². The predicted molar refractivity (Wildman–Crippen MR) is 120 cm³/mol. The molecule has 33 heavy (non-hydrogen) atoms. The quantitative estimate of drug-likeness (QED) is 0.277. The second kappa shape index (κ2) is 10.7. The summed E-state index contributed by atoms with van der Waals surface area (Å²) in [6, 6.07) is 11.3. The van der Waals surface area contributed by atoms with Gasteiger partial charge in [-0.2, -0.15) is 0 Å². The molecule has 3 rings (SSSR count). The second-order valence-electron chi connectivity index (χ2n) is 6.93. The molecule has 3 aromatic rings. The van der Waals surface area contributed by atoms with Crippen molar-refractivity contribution in [2.45, 2.75) is 30.3 Å². The molecular formula is C21H21FN6O4S. The molecule has 12 heteroatoms. The number of nitro groups is 1. The first-order chi connectivity index (χ1) is 15.8. The SMILES string of the molecule is CC[C@@H](Sc1nnc(CNC(=O)c2ccccc2F)n1C)C(=O)Nc1cccc([N+](=O)[O-])c1. The Bertz CT molecular complexity index is 1190. The summed E-state index contributed by atoms with van der Waals surface area (Å²) < 4.78 is 15.4. The standard InChI is InChI=1S/C21H21FN6O4S/c1-3-17(20(30)24-13-7-6-8-14(11-13)28(31)32)33-21-26-25-18(27(21)2)12-23-19(29)15-9-4-5-10-16(15)22/h4-11,17H,3,12H2,1-2H3,(H,23,29)(H,24,30)/t17-/m1/s1. The summed E-state index contributed by atoms with van der Waals surface area (Å²) in [7, 11) is 1.69. The number of thioether (sulfide) groups is 1. The minimum Gasteiger partial charge on any atom is -0.345 e. The Morgan fingerprint density at radius 1 is 1.21 bits per heavy atom. The Morgan fingerprint density at radius 3 is 2.67 bits per heavy atom. The zero-order chi connectivity index (χ0) is 24.0. The highest BCUT2D eigenvalue weighted by molar-refractivity contribution is 8.00. The van der Waals surface area contributed by atoms with Crippen molar-refractivity contribution in [3.05, 3.63) is 75.9 Å². The molecule has 1 heterocycles. The van der Waals surface area contributed by atoms with E-state index in [0.29, 0.717) is 23.1 Å². The lowest BCUT2D eigenvalue weighted by Crippen LogP contribution is -2.26. The molecule has 1 atom stereocenters. The zero-order valence-corrected chi connectivity index (χ0v) is 18.6. The van der Waals surface area contributed by atoms with E-state index in [1.165, 1.54) is 48.2 Å². The molecule has 0 bridgehead atoms. The Kier molecular flexibility index (Phi) is 7.72. The summed E-state index contributed by atoms with van der Waals surface area (Å²) in [5.41, 5.74) is 0.129. The third kappa shape index (κ3) is 5.92. The molecule has 0 fully saturated rings. The number of nitrogens with zero attached hydrogens (tertiary/aromatic N) is 4. The zero-order valence-electron chi connectivity index (χ0n) is 17.8. The topological polar surface area (TPSA) is 132 Å². The number of rotatable bonds is 9. The Balaban J connectivity index is 1.63. The van der Waals surface area contributed by atoms with Crippen molar-refractivity contribution in [2.24, 2.45) is 7.05 Å². The van der Waals surface area contributed by atoms with Gasteiger partial charge in [0.15, 0.2) is 11.0 Å². The molecule has 0 saturated heterocycles. The van der Waals surface area contributed by atoms with Crippen molar-refractivity contribution in [3.63, 3.8) is 0 Å². The maximum absolute atomic E-state index is 13.8. The van der Waals surface area contributed by atoms with Crippen molar-refractivity contribution in [3.8, 4) is 0 Å². The molecule has 10 nitrogen and oxygen atoms in total. The number of hydrogen-bond acceptors (Lipinski definition) is 7. The van der Waals surface area contributed by atoms with Crippen LogP contribution in [0.25, 0.3) is 0 Å². The lowest BCUT2D eigenvalue weighted by atomic mass is 10.2. The molecule has 0 aliphatic heterocycles. The molecule has 0 spiro atoms. The van der Waals surface area contributed by atoms with Crippen molar-refractivity contribution in [1.29, 1.82) is 0 Å². The van der Waals surface area contributed by atoms with Crippen LogP contribution in [0.15, 0.2) is 53.7 Å². The average molecular weight is 473 g/mol. The van der Waals surface area contributed by atoms with Gasteiger partial charge in [0, 0.05) is 24.9 Å². The van der Waals surface area contributed by atoms with Gasteiger partial charge in [0.05, 0.1) is 22.3 Å². The van der Waals surface area contributed by atoms with Crippen LogP contribution in [0.3, 0.4) is 0 Å².